The molecule has 2 aromatic carbocycles. The number of halogens is 7. The molecule has 406 valence electrons. The first-order valence-electron chi connectivity index (χ1n) is 22.6. The highest BCUT2D eigenvalue weighted by Crippen LogP contribution is 2.47. The number of benzene rings is 2. The van der Waals surface area contributed by atoms with Crippen LogP contribution in [0.2, 0.25) is 5.02 Å². The van der Waals surface area contributed by atoms with Crippen molar-refractivity contribution in [2.75, 3.05) is 25.1 Å². The quantitative estimate of drug-likeness (QED) is 0.0350. The van der Waals surface area contributed by atoms with Crippen molar-refractivity contribution in [2.45, 2.75) is 151 Å². The number of anilines is 1. The number of aliphatic hydroxyl groups is 4. The Labute approximate surface area is 413 Å². The molecule has 0 bridgehead atoms. The van der Waals surface area contributed by atoms with Gasteiger partial charge < -0.3 is 71.1 Å². The van der Waals surface area contributed by atoms with Gasteiger partial charge in [-0.3, -0.25) is 18.6 Å². The summed E-state index contributed by atoms with van der Waals surface area (Å²) in [6.07, 6.45) is -20.6. The zero-order valence-corrected chi connectivity index (χ0v) is 40.1. The number of amides is 4. The number of urea groups is 1. The van der Waals surface area contributed by atoms with Gasteiger partial charge in [-0.15, -0.1) is 0 Å². The zero-order chi connectivity index (χ0) is 53.6. The standard InChI is InChI=1S/C43H58ClF6N4O17P/c1-2-3-4-5-6-7-8-9-10-11-17-66-28(38(61)62)21-67-72(64,65)71-40-34(29(33(58)35(70-40)36(51)59)54-41(63)52-24-15-16-26(44)25(19-24)43(48,49)50)69-39-30(32(57)31(56)27(20-55)68-39)53-37(60)22-13-12-14-23(18-22)42(45,46)47/h12-16,18-19,27-35,39-40,55-58H,2-11,17,20-21H2,1H3,(H2,51,59)(H,53,60)(H,61,62)(H,64,65)(H2,52,54,63)/t27-,28-,29+,30-,31-,32-,33+,34-,35+,39+,40-/m1/s1. The molecular formula is C43H58ClF6N4O17P. The molecule has 2 aromatic rings. The minimum Gasteiger partial charge on any atom is -0.479 e. The van der Waals surface area contributed by atoms with Crippen molar-refractivity contribution in [3.05, 3.63) is 64.2 Å². The van der Waals surface area contributed by atoms with Crippen LogP contribution in [0, 0.1) is 0 Å². The first-order valence-corrected chi connectivity index (χ1v) is 24.5. The zero-order valence-electron chi connectivity index (χ0n) is 38.4. The van der Waals surface area contributed by atoms with E-state index >= 15 is 0 Å². The number of hydrogen-bond donors (Lipinski definition) is 10. The monoisotopic (exact) mass is 1080 g/mol. The van der Waals surface area contributed by atoms with Gasteiger partial charge in [0.2, 0.25) is 5.91 Å². The van der Waals surface area contributed by atoms with E-state index in [1.807, 2.05) is 5.32 Å². The lowest BCUT2D eigenvalue weighted by Crippen LogP contribution is -2.70. The minimum absolute atomic E-state index is 0.113. The number of phosphoric ester groups is 1. The van der Waals surface area contributed by atoms with Crippen LogP contribution < -0.4 is 21.7 Å². The van der Waals surface area contributed by atoms with E-state index in [1.54, 1.807) is 0 Å². The number of nitrogens with two attached hydrogens (primary N) is 1. The number of aliphatic hydroxyl groups excluding tert-OH is 4. The van der Waals surface area contributed by atoms with Crippen LogP contribution in [0.5, 0.6) is 0 Å². The highest BCUT2D eigenvalue weighted by atomic mass is 35.5. The van der Waals surface area contributed by atoms with Crippen molar-refractivity contribution >= 4 is 48.9 Å². The van der Waals surface area contributed by atoms with Crippen LogP contribution in [-0.4, -0.2) is 141 Å². The van der Waals surface area contributed by atoms with Crippen LogP contribution >= 0.6 is 19.4 Å². The molecule has 2 aliphatic rings. The number of aliphatic carboxylic acids is 1. The van der Waals surface area contributed by atoms with Gasteiger partial charge in [0, 0.05) is 17.9 Å². The SMILES string of the molecule is CCCCCCCCCCCCO[C@H](COP(=O)(O)O[C@H]1O[C@H](C(N)=O)[C@@H](O)[C@H](NC(=O)Nc2ccc(Cl)c(C(F)(F)F)c2)[C@H]1O[C@@H]1O[C@H](CO)[C@@H](O)[C@H](O)[C@H]1NC(=O)c1cccc(C(F)(F)F)c1)C(=O)O. The molecule has 29 heteroatoms. The van der Waals surface area contributed by atoms with Gasteiger partial charge in [0.1, 0.15) is 36.6 Å². The van der Waals surface area contributed by atoms with Gasteiger partial charge in [-0.1, -0.05) is 82.4 Å². The van der Waals surface area contributed by atoms with Crippen molar-refractivity contribution in [3.63, 3.8) is 0 Å². The van der Waals surface area contributed by atoms with Crippen molar-refractivity contribution in [1.29, 1.82) is 0 Å². The Morgan fingerprint density at radius 1 is 0.833 bits per heavy atom. The number of carbonyl (C=O) groups is 4. The molecule has 11 N–H and O–H groups in total. The van der Waals surface area contributed by atoms with Crippen LogP contribution in [0.15, 0.2) is 42.5 Å². The third-order valence-electron chi connectivity index (χ3n) is 11.3. The molecule has 21 nitrogen and oxygen atoms in total. The Morgan fingerprint density at radius 2 is 1.47 bits per heavy atom. The van der Waals surface area contributed by atoms with Crippen molar-refractivity contribution in [2.24, 2.45) is 5.73 Å². The summed E-state index contributed by atoms with van der Waals surface area (Å²) in [6.45, 7) is -0.284. The molecule has 12 atom stereocenters. The maximum absolute atomic E-state index is 13.7. The second-order valence-electron chi connectivity index (χ2n) is 16.8. The second-order valence-corrected chi connectivity index (χ2v) is 18.6. The molecule has 0 saturated carbocycles. The van der Waals surface area contributed by atoms with Gasteiger partial charge in [-0.05, 0) is 42.8 Å². The first kappa shape index (κ1) is 60.3. The summed E-state index contributed by atoms with van der Waals surface area (Å²) in [5, 5.41) is 58.7. The Kier molecular flexibility index (Phi) is 22.9. The molecule has 0 radical (unpaired) electrons. The minimum atomic E-state index is -5.73. The molecule has 2 heterocycles. The summed E-state index contributed by atoms with van der Waals surface area (Å²) in [4.78, 5) is 62.7. The van der Waals surface area contributed by atoms with Crippen LogP contribution in [0.1, 0.15) is 92.6 Å². The lowest BCUT2D eigenvalue weighted by Gasteiger charge is -2.48. The normalized spacial score (nSPS) is 26.0. The number of unbranched alkanes of at least 4 members (excludes halogenated alkanes) is 9. The predicted molar refractivity (Wildman–Crippen MR) is 238 cm³/mol. The third-order valence-corrected chi connectivity index (χ3v) is 12.6. The van der Waals surface area contributed by atoms with E-state index in [9.17, 15) is 80.5 Å². The predicted octanol–water partition coefficient (Wildman–Crippen LogP) is 4.59. The molecule has 2 fully saturated rings. The molecule has 2 aliphatic heterocycles. The third kappa shape index (κ3) is 17.7. The topological polar surface area (TPSA) is 324 Å². The molecule has 72 heavy (non-hydrogen) atoms. The van der Waals surface area contributed by atoms with Crippen LogP contribution in [0.4, 0.5) is 36.8 Å². The lowest BCUT2D eigenvalue weighted by molar-refractivity contribution is -0.325. The highest BCUT2D eigenvalue weighted by Gasteiger charge is 2.55. The molecular weight excluding hydrogens is 1020 g/mol. The summed E-state index contributed by atoms with van der Waals surface area (Å²) in [6, 6.07) is -0.966. The van der Waals surface area contributed by atoms with Gasteiger partial charge in [0.05, 0.1) is 35.4 Å². The first-order chi connectivity index (χ1) is 33.8. The van der Waals surface area contributed by atoms with Gasteiger partial charge in [-0.25, -0.2) is 14.2 Å². The fourth-order valence-electron chi connectivity index (χ4n) is 7.54. The average Bonchev–Trinajstić information content (AvgIpc) is 3.30. The van der Waals surface area contributed by atoms with Crippen LogP contribution in [0.25, 0.3) is 0 Å². The van der Waals surface area contributed by atoms with Gasteiger partial charge in [0.25, 0.3) is 5.91 Å². The molecule has 2 saturated heterocycles. The van der Waals surface area contributed by atoms with Crippen molar-refractivity contribution < 1.29 is 109 Å². The molecule has 0 aliphatic carbocycles. The van der Waals surface area contributed by atoms with E-state index in [2.05, 4.69) is 17.6 Å². The van der Waals surface area contributed by atoms with Crippen LogP contribution in [0.3, 0.4) is 0 Å². The van der Waals surface area contributed by atoms with E-state index in [1.165, 1.54) is 6.42 Å². The van der Waals surface area contributed by atoms with E-state index in [0.29, 0.717) is 31.0 Å². The molecule has 4 amide bonds. The van der Waals surface area contributed by atoms with E-state index in [4.69, 9.17) is 45.3 Å². The van der Waals surface area contributed by atoms with Crippen molar-refractivity contribution in [3.8, 4) is 0 Å². The number of alkyl halides is 6. The molecule has 0 aromatic heterocycles. The Hall–Kier alpha value is -4.22. The Balaban J connectivity index is 1.65. The molecule has 0 spiro atoms. The number of nitrogens with one attached hydrogen (secondary N) is 3. The van der Waals surface area contributed by atoms with Gasteiger partial charge >= 0.3 is 32.2 Å². The van der Waals surface area contributed by atoms with E-state index in [0.717, 1.165) is 69.2 Å². The highest BCUT2D eigenvalue weighted by molar-refractivity contribution is 7.47. The van der Waals surface area contributed by atoms with E-state index in [-0.39, 0.29) is 6.61 Å². The number of carboxylic acid groups (broad SMARTS) is 1. The lowest BCUT2D eigenvalue weighted by atomic mass is 9.94. The fraction of sp³-hybridized carbons (Fsp3) is 0.628. The maximum Gasteiger partial charge on any atom is 0.474 e. The van der Waals surface area contributed by atoms with E-state index < -0.39 is 152 Å². The Bertz CT molecular complexity index is 2170. The number of hydrogen-bond acceptors (Lipinski definition) is 15. The second kappa shape index (κ2) is 27.4. The molecule has 1 unspecified atom stereocenters. The summed E-state index contributed by atoms with van der Waals surface area (Å²) < 4.78 is 128. The number of carbonyl (C=O) groups excluding carboxylic acids is 3. The fourth-order valence-corrected chi connectivity index (χ4v) is 8.58. The summed E-state index contributed by atoms with van der Waals surface area (Å²) in [5.41, 5.74) is 1.51. The number of carboxylic acids is 1. The average molecular weight is 1080 g/mol. The number of rotatable bonds is 26. The number of ether oxygens (including phenoxy) is 4. The molecule has 4 rings (SSSR count). The smallest absolute Gasteiger partial charge is 0.474 e. The summed E-state index contributed by atoms with van der Waals surface area (Å²) in [7, 11) is -5.73. The number of primary amides is 1. The van der Waals surface area contributed by atoms with Gasteiger partial charge in [-0.2, -0.15) is 26.3 Å². The summed E-state index contributed by atoms with van der Waals surface area (Å²) >= 11 is 5.69. The largest absolute Gasteiger partial charge is 0.479 e. The van der Waals surface area contributed by atoms with Crippen LogP contribution in [-0.2, 0) is 54.5 Å². The maximum atomic E-state index is 13.7. The Morgan fingerprint density at radius 3 is 2.06 bits per heavy atom. The number of phosphoric acid groups is 1. The van der Waals surface area contributed by atoms with Crippen molar-refractivity contribution in [1.82, 2.24) is 10.6 Å². The van der Waals surface area contributed by atoms with Gasteiger partial charge in [0.15, 0.2) is 24.8 Å². The summed E-state index contributed by atoms with van der Waals surface area (Å²) in [5.74, 6) is -4.56.